The van der Waals surface area contributed by atoms with Crippen molar-refractivity contribution in [1.29, 1.82) is 0 Å². The lowest BCUT2D eigenvalue weighted by atomic mass is 10.1. The molecule has 0 spiro atoms. The number of amides is 1. The fraction of sp³-hybridized carbons (Fsp3) is 0.333. The van der Waals surface area contributed by atoms with E-state index < -0.39 is 11.9 Å². The number of rotatable bonds is 3. The van der Waals surface area contributed by atoms with Crippen molar-refractivity contribution >= 4 is 11.9 Å². The van der Waals surface area contributed by atoms with Crippen molar-refractivity contribution in [1.82, 2.24) is 15.3 Å². The van der Waals surface area contributed by atoms with Crippen LogP contribution in [-0.4, -0.2) is 33.0 Å². The summed E-state index contributed by atoms with van der Waals surface area (Å²) in [6, 6.07) is -0.262. The molecule has 2 atom stereocenters. The zero-order valence-corrected chi connectivity index (χ0v) is 9.83. The molecular weight excluding hydrogens is 234 g/mol. The number of carboxylic acid groups (broad SMARTS) is 1. The van der Waals surface area contributed by atoms with Crippen LogP contribution in [-0.2, 0) is 4.79 Å². The zero-order chi connectivity index (χ0) is 13.1. The van der Waals surface area contributed by atoms with Crippen LogP contribution >= 0.6 is 0 Å². The van der Waals surface area contributed by atoms with E-state index in [9.17, 15) is 9.59 Å². The lowest BCUT2D eigenvalue weighted by Crippen LogP contribution is -2.33. The van der Waals surface area contributed by atoms with Crippen molar-refractivity contribution in [3.05, 3.63) is 35.9 Å². The Labute approximate surface area is 104 Å². The molecule has 6 nitrogen and oxygen atoms in total. The van der Waals surface area contributed by atoms with E-state index in [0.717, 1.165) is 5.69 Å². The third-order valence-electron chi connectivity index (χ3n) is 2.73. The summed E-state index contributed by atoms with van der Waals surface area (Å²) in [6.07, 6.45) is 6.57. The van der Waals surface area contributed by atoms with Gasteiger partial charge in [0.1, 0.15) is 5.69 Å². The van der Waals surface area contributed by atoms with Crippen molar-refractivity contribution in [2.24, 2.45) is 5.92 Å². The minimum Gasteiger partial charge on any atom is -0.481 e. The van der Waals surface area contributed by atoms with Gasteiger partial charge in [-0.05, 0) is 13.3 Å². The minimum atomic E-state index is -0.877. The molecule has 1 heterocycles. The Hall–Kier alpha value is -2.24. The van der Waals surface area contributed by atoms with E-state index in [-0.39, 0.29) is 17.6 Å². The van der Waals surface area contributed by atoms with Gasteiger partial charge in [0.15, 0.2) is 0 Å². The average molecular weight is 247 g/mol. The van der Waals surface area contributed by atoms with Crippen LogP contribution in [0.4, 0.5) is 0 Å². The first kappa shape index (κ1) is 12.2. The van der Waals surface area contributed by atoms with Gasteiger partial charge in [-0.15, -0.1) is 0 Å². The third kappa shape index (κ3) is 2.71. The van der Waals surface area contributed by atoms with Gasteiger partial charge in [-0.3, -0.25) is 14.6 Å². The summed E-state index contributed by atoms with van der Waals surface area (Å²) in [5.41, 5.74) is 0.964. The molecule has 1 aromatic rings. The van der Waals surface area contributed by atoms with E-state index in [1.54, 1.807) is 19.1 Å². The number of carbonyl (C=O) groups is 2. The number of nitrogens with one attached hydrogen (secondary N) is 1. The highest BCUT2D eigenvalue weighted by molar-refractivity contribution is 5.92. The van der Waals surface area contributed by atoms with Crippen LogP contribution in [0, 0.1) is 12.8 Å². The maximum atomic E-state index is 11.8. The molecule has 0 bridgehead atoms. The van der Waals surface area contributed by atoms with Crippen molar-refractivity contribution in [3.8, 4) is 0 Å². The number of aromatic nitrogens is 2. The molecule has 0 fully saturated rings. The largest absolute Gasteiger partial charge is 0.481 e. The highest BCUT2D eigenvalue weighted by Crippen LogP contribution is 2.18. The van der Waals surface area contributed by atoms with E-state index in [4.69, 9.17) is 5.11 Å². The molecule has 94 valence electrons. The summed E-state index contributed by atoms with van der Waals surface area (Å²) in [7, 11) is 0. The Morgan fingerprint density at radius 3 is 2.67 bits per heavy atom. The van der Waals surface area contributed by atoms with Crippen LogP contribution in [0.5, 0.6) is 0 Å². The van der Waals surface area contributed by atoms with Crippen LogP contribution in [0.2, 0.25) is 0 Å². The first-order chi connectivity index (χ1) is 8.56. The highest BCUT2D eigenvalue weighted by atomic mass is 16.4. The van der Waals surface area contributed by atoms with E-state index in [0.29, 0.717) is 6.42 Å². The molecule has 2 N–H and O–H groups in total. The van der Waals surface area contributed by atoms with Crippen LogP contribution in [0.25, 0.3) is 0 Å². The fourth-order valence-electron chi connectivity index (χ4n) is 1.74. The Bertz CT molecular complexity index is 496. The number of aryl methyl sites for hydroxylation is 1. The normalized spacial score (nSPS) is 21.8. The third-order valence-corrected chi connectivity index (χ3v) is 2.73. The quantitative estimate of drug-likeness (QED) is 0.761. The monoisotopic (exact) mass is 247 g/mol. The minimum absolute atomic E-state index is 0.229. The van der Waals surface area contributed by atoms with Gasteiger partial charge in [0.25, 0.3) is 5.91 Å². The summed E-state index contributed by atoms with van der Waals surface area (Å²) in [6.45, 7) is 1.78. The summed E-state index contributed by atoms with van der Waals surface area (Å²) in [4.78, 5) is 30.5. The summed E-state index contributed by atoms with van der Waals surface area (Å²) in [5, 5.41) is 11.5. The maximum absolute atomic E-state index is 11.8. The van der Waals surface area contributed by atoms with Crippen LogP contribution in [0.1, 0.15) is 22.6 Å². The van der Waals surface area contributed by atoms with Gasteiger partial charge in [0.2, 0.25) is 0 Å². The molecule has 0 saturated carbocycles. The molecule has 1 amide bonds. The number of carboxylic acids is 1. The van der Waals surface area contributed by atoms with Gasteiger partial charge in [-0.2, -0.15) is 0 Å². The molecule has 2 rings (SSSR count). The molecule has 18 heavy (non-hydrogen) atoms. The Balaban J connectivity index is 1.95. The van der Waals surface area contributed by atoms with Gasteiger partial charge >= 0.3 is 5.97 Å². The van der Waals surface area contributed by atoms with E-state index in [1.165, 1.54) is 12.4 Å². The van der Waals surface area contributed by atoms with Crippen LogP contribution in [0.15, 0.2) is 24.5 Å². The second-order valence-electron chi connectivity index (χ2n) is 4.19. The number of aliphatic carboxylic acids is 1. The molecule has 0 aromatic carbocycles. The molecule has 0 radical (unpaired) electrons. The van der Waals surface area contributed by atoms with Crippen molar-refractivity contribution < 1.29 is 14.7 Å². The second kappa shape index (κ2) is 4.95. The van der Waals surface area contributed by atoms with Gasteiger partial charge in [-0.25, -0.2) is 4.98 Å². The lowest BCUT2D eigenvalue weighted by molar-refractivity contribution is -0.140. The molecule has 1 aliphatic carbocycles. The highest BCUT2D eigenvalue weighted by Gasteiger charge is 2.25. The van der Waals surface area contributed by atoms with Crippen molar-refractivity contribution in [2.75, 3.05) is 0 Å². The molecule has 1 aromatic heterocycles. The van der Waals surface area contributed by atoms with E-state index >= 15 is 0 Å². The lowest BCUT2D eigenvalue weighted by Gasteiger charge is -2.11. The van der Waals surface area contributed by atoms with Gasteiger partial charge < -0.3 is 10.4 Å². The Kier molecular flexibility index (Phi) is 3.36. The van der Waals surface area contributed by atoms with E-state index in [2.05, 4.69) is 15.3 Å². The first-order valence-corrected chi connectivity index (χ1v) is 5.57. The van der Waals surface area contributed by atoms with Gasteiger partial charge in [0, 0.05) is 12.2 Å². The second-order valence-corrected chi connectivity index (χ2v) is 4.19. The number of hydrogen-bond acceptors (Lipinski definition) is 4. The molecule has 2 unspecified atom stereocenters. The molecule has 6 heteroatoms. The van der Waals surface area contributed by atoms with Crippen molar-refractivity contribution in [3.63, 3.8) is 0 Å². The number of carbonyl (C=O) groups excluding carboxylic acids is 1. The molecular formula is C12H13N3O3. The van der Waals surface area contributed by atoms with Crippen LogP contribution < -0.4 is 5.32 Å². The zero-order valence-electron chi connectivity index (χ0n) is 9.83. The van der Waals surface area contributed by atoms with Gasteiger partial charge in [0.05, 0.1) is 17.8 Å². The predicted molar refractivity (Wildman–Crippen MR) is 62.9 cm³/mol. The standard InChI is InChI=1S/C12H13N3O3/c1-7-5-14-10(6-13-7)11(16)15-9-3-2-8(4-9)12(17)18/h2-3,5-6,8-9H,4H2,1H3,(H,15,16)(H,17,18). The predicted octanol–water partition coefficient (Wildman–Crippen LogP) is 0.544. The first-order valence-electron chi connectivity index (χ1n) is 5.57. The Morgan fingerprint density at radius 2 is 2.11 bits per heavy atom. The fourth-order valence-corrected chi connectivity index (χ4v) is 1.74. The molecule has 0 saturated heterocycles. The van der Waals surface area contributed by atoms with E-state index in [1.807, 2.05) is 0 Å². The van der Waals surface area contributed by atoms with Gasteiger partial charge in [-0.1, -0.05) is 12.2 Å². The molecule has 1 aliphatic rings. The van der Waals surface area contributed by atoms with Crippen molar-refractivity contribution in [2.45, 2.75) is 19.4 Å². The summed E-state index contributed by atoms with van der Waals surface area (Å²) >= 11 is 0. The number of hydrogen-bond donors (Lipinski definition) is 2. The Morgan fingerprint density at radius 1 is 1.33 bits per heavy atom. The summed E-state index contributed by atoms with van der Waals surface area (Å²) < 4.78 is 0. The summed E-state index contributed by atoms with van der Waals surface area (Å²) in [5.74, 6) is -1.75. The number of nitrogens with zero attached hydrogens (tertiary/aromatic N) is 2. The molecule has 0 aliphatic heterocycles. The SMILES string of the molecule is Cc1cnc(C(=O)NC2C=CC(C(=O)O)C2)cn1. The smallest absolute Gasteiger partial charge is 0.310 e. The average Bonchev–Trinajstić information content (AvgIpc) is 2.78. The van der Waals surface area contributed by atoms with Crippen LogP contribution in [0.3, 0.4) is 0 Å². The topological polar surface area (TPSA) is 92.2 Å². The maximum Gasteiger partial charge on any atom is 0.310 e.